The minimum Gasteiger partial charge on any atom is -0.478 e. The van der Waals surface area contributed by atoms with Gasteiger partial charge in [-0.25, -0.2) is 9.59 Å². The molecule has 1 unspecified atom stereocenters. The van der Waals surface area contributed by atoms with Crippen LogP contribution in [0, 0.1) is 0 Å². The van der Waals surface area contributed by atoms with Crippen molar-refractivity contribution in [3.63, 3.8) is 0 Å². The highest BCUT2D eigenvalue weighted by molar-refractivity contribution is 6.11. The van der Waals surface area contributed by atoms with Crippen LogP contribution in [0.4, 0.5) is 16.2 Å². The van der Waals surface area contributed by atoms with Crippen molar-refractivity contribution in [2.45, 2.75) is 18.9 Å². The quantitative estimate of drug-likeness (QED) is 0.641. The zero-order chi connectivity index (χ0) is 22.4. The van der Waals surface area contributed by atoms with Crippen LogP contribution in [0.25, 0.3) is 11.1 Å². The van der Waals surface area contributed by atoms with E-state index in [0.717, 1.165) is 22.3 Å². The average molecular weight is 428 g/mol. The number of hydrogen-bond acceptors (Lipinski definition) is 4. The molecule has 2 amide bonds. The van der Waals surface area contributed by atoms with E-state index in [1.165, 1.54) is 23.1 Å². The van der Waals surface area contributed by atoms with Crippen LogP contribution in [0.5, 0.6) is 0 Å². The van der Waals surface area contributed by atoms with Gasteiger partial charge < -0.3 is 15.2 Å². The van der Waals surface area contributed by atoms with Crippen molar-refractivity contribution in [1.29, 1.82) is 0 Å². The van der Waals surface area contributed by atoms with Gasteiger partial charge in [-0.05, 0) is 47.4 Å². The zero-order valence-electron chi connectivity index (χ0n) is 17.2. The fourth-order valence-electron chi connectivity index (χ4n) is 4.46. The Hall–Kier alpha value is -4.13. The molecule has 1 aliphatic carbocycles. The Kier molecular flexibility index (Phi) is 4.66. The van der Waals surface area contributed by atoms with Gasteiger partial charge in [0.15, 0.2) is 0 Å². The molecular weight excluding hydrogens is 408 g/mol. The normalized spacial score (nSPS) is 16.6. The third kappa shape index (κ3) is 3.10. The second-order valence-corrected chi connectivity index (χ2v) is 7.88. The average Bonchev–Trinajstić information content (AvgIpc) is 3.12. The Labute approximate surface area is 184 Å². The molecule has 0 fully saturated rings. The number of ether oxygens (including phenoxy) is 1. The molecule has 3 aromatic rings. The van der Waals surface area contributed by atoms with Crippen LogP contribution in [0.15, 0.2) is 66.7 Å². The second kappa shape index (κ2) is 7.53. The fraction of sp³-hybridized carbons (Fsp3) is 0.160. The van der Waals surface area contributed by atoms with Gasteiger partial charge in [0, 0.05) is 5.92 Å². The summed E-state index contributed by atoms with van der Waals surface area (Å²) in [6.45, 7) is 1.73. The summed E-state index contributed by atoms with van der Waals surface area (Å²) in [7, 11) is 0. The number of anilines is 2. The van der Waals surface area contributed by atoms with Crippen molar-refractivity contribution < 1.29 is 24.2 Å². The molecule has 0 radical (unpaired) electrons. The molecule has 1 atom stereocenters. The number of carbonyl (C=O) groups is 3. The summed E-state index contributed by atoms with van der Waals surface area (Å²) in [6.07, 6.45) is -0.654. The van der Waals surface area contributed by atoms with E-state index < -0.39 is 24.0 Å². The molecule has 2 N–H and O–H groups in total. The number of aromatic carboxylic acids is 1. The monoisotopic (exact) mass is 428 g/mol. The number of carboxylic acid groups (broad SMARTS) is 1. The van der Waals surface area contributed by atoms with Crippen LogP contribution in [0.1, 0.15) is 34.3 Å². The van der Waals surface area contributed by atoms with Crippen LogP contribution in [0.3, 0.4) is 0 Å². The molecule has 2 aliphatic rings. The number of rotatable bonds is 3. The van der Waals surface area contributed by atoms with Gasteiger partial charge in [-0.1, -0.05) is 48.5 Å². The van der Waals surface area contributed by atoms with Crippen LogP contribution < -0.4 is 10.2 Å². The topological polar surface area (TPSA) is 95.9 Å². The Morgan fingerprint density at radius 3 is 2.25 bits per heavy atom. The van der Waals surface area contributed by atoms with Crippen LogP contribution in [0.2, 0.25) is 0 Å². The van der Waals surface area contributed by atoms with Crippen molar-refractivity contribution in [3.8, 4) is 11.1 Å². The highest BCUT2D eigenvalue weighted by atomic mass is 16.6. The molecule has 5 rings (SSSR count). The number of benzene rings is 3. The number of hydrogen-bond donors (Lipinski definition) is 2. The Bertz CT molecular complexity index is 1220. The van der Waals surface area contributed by atoms with E-state index in [1.807, 2.05) is 36.4 Å². The maximum absolute atomic E-state index is 13.1. The molecule has 3 aromatic carbocycles. The molecule has 0 saturated carbocycles. The van der Waals surface area contributed by atoms with E-state index in [2.05, 4.69) is 17.4 Å². The Morgan fingerprint density at radius 1 is 1.00 bits per heavy atom. The summed E-state index contributed by atoms with van der Waals surface area (Å²) in [6, 6.07) is 19.5. The van der Waals surface area contributed by atoms with Crippen molar-refractivity contribution in [1.82, 2.24) is 0 Å². The SMILES string of the molecule is CC1C(=O)Nc2cc(C(=O)O)ccc2N1C(=O)OCC1c2ccccc2-c2ccccc21. The second-order valence-electron chi connectivity index (χ2n) is 7.88. The molecule has 0 saturated heterocycles. The lowest BCUT2D eigenvalue weighted by atomic mass is 9.98. The van der Waals surface area contributed by atoms with E-state index in [-0.39, 0.29) is 23.8 Å². The van der Waals surface area contributed by atoms with Gasteiger partial charge in [-0.3, -0.25) is 9.69 Å². The predicted octanol–water partition coefficient (Wildman–Crippen LogP) is 4.48. The molecule has 1 heterocycles. The summed E-state index contributed by atoms with van der Waals surface area (Å²) < 4.78 is 5.72. The molecule has 32 heavy (non-hydrogen) atoms. The van der Waals surface area contributed by atoms with Gasteiger partial charge in [0.25, 0.3) is 0 Å². The summed E-state index contributed by atoms with van der Waals surface area (Å²) in [4.78, 5) is 38.1. The van der Waals surface area contributed by atoms with Crippen molar-refractivity contribution in [2.75, 3.05) is 16.8 Å². The van der Waals surface area contributed by atoms with Crippen molar-refractivity contribution >= 4 is 29.3 Å². The largest absolute Gasteiger partial charge is 0.478 e. The maximum Gasteiger partial charge on any atom is 0.415 e. The number of amides is 2. The molecule has 1 aliphatic heterocycles. The van der Waals surface area contributed by atoms with Gasteiger partial charge in [0.2, 0.25) is 5.91 Å². The lowest BCUT2D eigenvalue weighted by molar-refractivity contribution is -0.117. The molecule has 160 valence electrons. The van der Waals surface area contributed by atoms with E-state index >= 15 is 0 Å². The minimum absolute atomic E-state index is 0.0195. The van der Waals surface area contributed by atoms with E-state index in [4.69, 9.17) is 4.74 Å². The summed E-state index contributed by atoms with van der Waals surface area (Å²) in [5.41, 5.74) is 5.13. The van der Waals surface area contributed by atoms with E-state index in [0.29, 0.717) is 5.69 Å². The molecule has 0 bridgehead atoms. The lowest BCUT2D eigenvalue weighted by Gasteiger charge is -2.34. The van der Waals surface area contributed by atoms with E-state index in [9.17, 15) is 19.5 Å². The minimum atomic E-state index is -1.12. The lowest BCUT2D eigenvalue weighted by Crippen LogP contribution is -2.49. The Balaban J connectivity index is 1.43. The van der Waals surface area contributed by atoms with Crippen LogP contribution >= 0.6 is 0 Å². The van der Waals surface area contributed by atoms with Gasteiger partial charge >= 0.3 is 12.1 Å². The molecule has 7 heteroatoms. The summed E-state index contributed by atoms with van der Waals surface area (Å²) in [5, 5.41) is 11.9. The maximum atomic E-state index is 13.1. The number of carboxylic acids is 1. The molecule has 0 aromatic heterocycles. The first kappa shape index (κ1) is 19.8. The fourth-order valence-corrected chi connectivity index (χ4v) is 4.46. The standard InChI is InChI=1S/C25H20N2O5/c1-14-23(28)26-21-12-15(24(29)30)10-11-22(21)27(14)25(31)32-13-20-18-8-4-2-6-16(18)17-7-3-5-9-19(17)20/h2-12,14,20H,13H2,1H3,(H,26,28)(H,29,30). The third-order valence-electron chi connectivity index (χ3n) is 6.06. The molecule has 0 spiro atoms. The number of nitrogens with zero attached hydrogens (tertiary/aromatic N) is 1. The highest BCUT2D eigenvalue weighted by Gasteiger charge is 2.36. The summed E-state index contributed by atoms with van der Waals surface area (Å²) >= 11 is 0. The highest BCUT2D eigenvalue weighted by Crippen LogP contribution is 2.44. The van der Waals surface area contributed by atoms with Crippen molar-refractivity contribution in [3.05, 3.63) is 83.4 Å². The predicted molar refractivity (Wildman–Crippen MR) is 119 cm³/mol. The summed E-state index contributed by atoms with van der Waals surface area (Å²) in [5.74, 6) is -1.63. The van der Waals surface area contributed by atoms with Crippen molar-refractivity contribution in [2.24, 2.45) is 0 Å². The number of nitrogens with one attached hydrogen (secondary N) is 1. The van der Waals surface area contributed by atoms with Gasteiger partial charge in [0.1, 0.15) is 12.6 Å². The smallest absolute Gasteiger partial charge is 0.415 e. The zero-order valence-corrected chi connectivity index (χ0v) is 17.2. The van der Waals surface area contributed by atoms with Gasteiger partial charge in [-0.2, -0.15) is 0 Å². The number of fused-ring (bicyclic) bond motifs is 4. The van der Waals surface area contributed by atoms with Gasteiger partial charge in [0.05, 0.1) is 16.9 Å². The van der Waals surface area contributed by atoms with Gasteiger partial charge in [-0.15, -0.1) is 0 Å². The van der Waals surface area contributed by atoms with E-state index in [1.54, 1.807) is 6.92 Å². The van der Waals surface area contributed by atoms with Crippen LogP contribution in [-0.4, -0.2) is 35.7 Å². The Morgan fingerprint density at radius 2 is 1.62 bits per heavy atom. The third-order valence-corrected chi connectivity index (χ3v) is 6.06. The molecular formula is C25H20N2O5. The first-order valence-corrected chi connectivity index (χ1v) is 10.3. The molecule has 7 nitrogen and oxygen atoms in total. The number of carbonyl (C=O) groups excluding carboxylic acids is 2. The first-order chi connectivity index (χ1) is 15.5. The van der Waals surface area contributed by atoms with Crippen LogP contribution in [-0.2, 0) is 9.53 Å². The first-order valence-electron chi connectivity index (χ1n) is 10.3.